The molecule has 8 N–H and O–H groups in total. The number of ether oxygens (including phenoxy) is 1. The van der Waals surface area contributed by atoms with Crippen molar-refractivity contribution in [2.75, 3.05) is 55.2 Å². The molecule has 2 aromatic heterocycles. The van der Waals surface area contributed by atoms with Gasteiger partial charge in [0.1, 0.15) is 30.7 Å². The number of aromatic nitrogens is 4. The van der Waals surface area contributed by atoms with Crippen LogP contribution in [-0.2, 0) is 24.5 Å². The summed E-state index contributed by atoms with van der Waals surface area (Å²) in [6.07, 6.45) is 16.8. The fraction of sp³-hybridized carbons (Fsp3) is 0.617. The van der Waals surface area contributed by atoms with Crippen LogP contribution in [-0.4, -0.2) is 145 Å². The minimum atomic E-state index is -1.21. The van der Waals surface area contributed by atoms with E-state index < -0.39 is 54.2 Å². The van der Waals surface area contributed by atoms with Crippen molar-refractivity contribution in [1.29, 1.82) is 0 Å². The average Bonchev–Trinajstić information content (AvgIpc) is 4.31. The van der Waals surface area contributed by atoms with Crippen molar-refractivity contribution in [1.82, 2.24) is 45.3 Å². The second-order valence-electron chi connectivity index (χ2n) is 23.2. The van der Waals surface area contributed by atoms with E-state index in [9.17, 15) is 39.0 Å². The van der Waals surface area contributed by atoms with Gasteiger partial charge in [-0.3, -0.25) is 43.7 Å². The Balaban J connectivity index is 0.675. The Kier molecular flexibility index (Phi) is 23.4. The number of anilines is 3. The lowest BCUT2D eigenvalue weighted by molar-refractivity contribution is -0.136. The zero-order valence-corrected chi connectivity index (χ0v) is 48.3. The number of aliphatic hydroxyl groups is 2. The molecule has 442 valence electrons. The highest BCUT2D eigenvalue weighted by molar-refractivity contribution is 6.25. The molecular formula is C60H88N12O9. The highest BCUT2D eigenvalue weighted by Crippen LogP contribution is 2.35. The Labute approximate surface area is 476 Å². The van der Waals surface area contributed by atoms with Crippen LogP contribution in [0.4, 0.5) is 22.0 Å². The van der Waals surface area contributed by atoms with Gasteiger partial charge in [-0.1, -0.05) is 110 Å². The Morgan fingerprint density at radius 1 is 0.753 bits per heavy atom. The topological polar surface area (TPSA) is 274 Å². The third-order valence-corrected chi connectivity index (χ3v) is 15.6. The van der Waals surface area contributed by atoms with Crippen molar-refractivity contribution in [3.05, 3.63) is 71.8 Å². The van der Waals surface area contributed by atoms with Crippen molar-refractivity contribution >= 4 is 63.9 Å². The second-order valence-corrected chi connectivity index (χ2v) is 23.2. The van der Waals surface area contributed by atoms with E-state index in [-0.39, 0.29) is 41.8 Å². The molecule has 2 fully saturated rings. The molecule has 2 saturated heterocycles. The minimum absolute atomic E-state index is 0.0295. The van der Waals surface area contributed by atoms with Crippen LogP contribution in [0.2, 0.25) is 0 Å². The van der Waals surface area contributed by atoms with Gasteiger partial charge >= 0.3 is 6.03 Å². The molecular weight excluding hydrogens is 1030 g/mol. The number of hydrogen-bond donors (Lipinski definition) is 8. The Morgan fingerprint density at radius 2 is 1.40 bits per heavy atom. The Hall–Kier alpha value is -6.55. The fourth-order valence-corrected chi connectivity index (χ4v) is 10.8. The van der Waals surface area contributed by atoms with Crippen molar-refractivity contribution in [2.45, 2.75) is 199 Å². The van der Waals surface area contributed by atoms with Crippen molar-refractivity contribution in [3.8, 4) is 0 Å². The number of urea groups is 1. The summed E-state index contributed by atoms with van der Waals surface area (Å²) in [6, 6.07) is 11.9. The normalized spacial score (nSPS) is 19.2. The second kappa shape index (κ2) is 30.5. The summed E-state index contributed by atoms with van der Waals surface area (Å²) in [4.78, 5) is 92.1. The SMILES string of the molecule is CC(C)N(CCCNC(=O)Nc1ccc(C(C)(C)C)cc1)C[C@H]1O[C@H](n2cnc3c(NCCCCNC(=O)CCCCCCCCCCCCCCCNc4cccc5c4C(=O)N(C4CCC(=O)NC4=O)C5=O)ncnc32)[C@H](O)[C@@H]1O. The quantitative estimate of drug-likeness (QED) is 0.0166. The number of nitrogens with one attached hydrogen (secondary N) is 6. The molecule has 21 nitrogen and oxygen atoms in total. The molecule has 4 aromatic rings. The third-order valence-electron chi connectivity index (χ3n) is 15.6. The lowest BCUT2D eigenvalue weighted by atomic mass is 9.87. The van der Waals surface area contributed by atoms with E-state index in [2.05, 4.69) is 86.4 Å². The first-order valence-electron chi connectivity index (χ1n) is 29.7. The molecule has 3 aliphatic heterocycles. The highest BCUT2D eigenvalue weighted by Gasteiger charge is 2.47. The number of nitrogens with zero attached hydrogens (tertiary/aromatic N) is 6. The minimum Gasteiger partial charge on any atom is -0.387 e. The van der Waals surface area contributed by atoms with Crippen molar-refractivity contribution < 1.29 is 43.7 Å². The van der Waals surface area contributed by atoms with Gasteiger partial charge in [0.15, 0.2) is 23.2 Å². The van der Waals surface area contributed by atoms with Gasteiger partial charge in [0.25, 0.3) is 11.8 Å². The van der Waals surface area contributed by atoms with Gasteiger partial charge in [-0.15, -0.1) is 0 Å². The number of carbonyl (C=O) groups excluding carboxylic acids is 6. The molecule has 21 heteroatoms. The van der Waals surface area contributed by atoms with E-state index in [0.29, 0.717) is 80.3 Å². The number of unbranched alkanes of at least 4 members (excludes halogenated alkanes) is 13. The van der Waals surface area contributed by atoms with Gasteiger partial charge in [0.2, 0.25) is 17.7 Å². The molecule has 81 heavy (non-hydrogen) atoms. The summed E-state index contributed by atoms with van der Waals surface area (Å²) >= 11 is 0. The summed E-state index contributed by atoms with van der Waals surface area (Å²) in [5, 5.41) is 40.1. The number of rotatable bonds is 33. The van der Waals surface area contributed by atoms with Gasteiger partial charge in [-0.05, 0) is 87.6 Å². The standard InChI is InChI=1S/C60H88N12O9/c1-40(2)70(36-22-35-64-59(80)68-42-28-26-41(27-29-42)60(3,4)5)37-46-51(75)52(76)58(81-46)71-39-67-50-53(65-38-66-54(50)71)63-34-20-19-33-62-47(73)25-17-15-13-11-9-7-6-8-10-12-14-16-18-32-61-44-24-21-23-43-49(44)57(79)72(56(43)78)45-30-31-48(74)69-55(45)77/h21,23-24,26-29,38-40,45-46,51-52,58,61,75-76H,6-20,22,25,30-37H2,1-5H3,(H,62,73)(H,63,65,66)(H2,64,68,80)(H,69,74,77)/t45?,46-,51-,52-,58+/m1/s1. The van der Waals surface area contributed by atoms with Crippen LogP contribution < -0.4 is 31.9 Å². The van der Waals surface area contributed by atoms with E-state index >= 15 is 0 Å². The first-order chi connectivity index (χ1) is 39.0. The summed E-state index contributed by atoms with van der Waals surface area (Å²) in [5.74, 6) is -1.37. The zero-order valence-electron chi connectivity index (χ0n) is 48.3. The van der Waals surface area contributed by atoms with E-state index in [1.54, 1.807) is 29.1 Å². The molecule has 0 radical (unpaired) electrons. The Morgan fingerprint density at radius 3 is 2.07 bits per heavy atom. The van der Waals surface area contributed by atoms with Gasteiger partial charge in [0.05, 0.1) is 17.5 Å². The number of benzene rings is 2. The van der Waals surface area contributed by atoms with Crippen LogP contribution in [0.3, 0.4) is 0 Å². The lowest BCUT2D eigenvalue weighted by Gasteiger charge is -2.30. The van der Waals surface area contributed by atoms with Crippen LogP contribution in [0, 0.1) is 0 Å². The van der Waals surface area contributed by atoms with E-state index in [0.717, 1.165) is 62.0 Å². The number of imide groups is 2. The molecule has 0 bridgehead atoms. The molecule has 7 rings (SSSR count). The molecule has 3 aliphatic rings. The predicted molar refractivity (Wildman–Crippen MR) is 312 cm³/mol. The summed E-state index contributed by atoms with van der Waals surface area (Å²) < 4.78 is 7.95. The lowest BCUT2D eigenvalue weighted by Crippen LogP contribution is -2.54. The first kappa shape index (κ1) is 62.1. The molecule has 2 aromatic carbocycles. The van der Waals surface area contributed by atoms with Crippen LogP contribution in [0.5, 0.6) is 0 Å². The summed E-state index contributed by atoms with van der Waals surface area (Å²) in [6.45, 7) is 13.9. The highest BCUT2D eigenvalue weighted by atomic mass is 16.6. The van der Waals surface area contributed by atoms with Crippen LogP contribution in [0.15, 0.2) is 55.1 Å². The average molecular weight is 1120 g/mol. The van der Waals surface area contributed by atoms with Gasteiger partial charge in [0, 0.05) is 69.5 Å². The van der Waals surface area contributed by atoms with Crippen LogP contribution in [0.25, 0.3) is 11.2 Å². The largest absolute Gasteiger partial charge is 0.387 e. The van der Waals surface area contributed by atoms with Crippen LogP contribution >= 0.6 is 0 Å². The number of fused-ring (bicyclic) bond motifs is 2. The smallest absolute Gasteiger partial charge is 0.319 e. The summed E-state index contributed by atoms with van der Waals surface area (Å²) in [5.41, 5.74) is 4.11. The zero-order chi connectivity index (χ0) is 57.9. The molecule has 0 spiro atoms. The number of piperidine rings is 1. The van der Waals surface area contributed by atoms with Gasteiger partial charge in [-0.25, -0.2) is 19.7 Å². The Bertz CT molecular complexity index is 2730. The first-order valence-corrected chi connectivity index (χ1v) is 29.7. The third kappa shape index (κ3) is 17.5. The number of imidazole rings is 1. The van der Waals surface area contributed by atoms with E-state index in [1.165, 1.54) is 56.8 Å². The molecule has 7 amide bonds. The maximum Gasteiger partial charge on any atom is 0.319 e. The van der Waals surface area contributed by atoms with E-state index in [1.807, 2.05) is 24.3 Å². The molecule has 0 saturated carbocycles. The number of carbonyl (C=O) groups is 6. The van der Waals surface area contributed by atoms with Gasteiger partial charge in [-0.2, -0.15) is 0 Å². The van der Waals surface area contributed by atoms with Crippen molar-refractivity contribution in [2.24, 2.45) is 0 Å². The predicted octanol–water partition coefficient (Wildman–Crippen LogP) is 7.95. The molecule has 5 heterocycles. The number of hydrogen-bond acceptors (Lipinski definition) is 15. The van der Waals surface area contributed by atoms with Crippen molar-refractivity contribution in [3.63, 3.8) is 0 Å². The van der Waals surface area contributed by atoms with Gasteiger partial charge < -0.3 is 41.5 Å². The number of amides is 7. The van der Waals surface area contributed by atoms with E-state index in [4.69, 9.17) is 4.74 Å². The maximum atomic E-state index is 13.3. The molecule has 0 aliphatic carbocycles. The molecule has 5 atom stereocenters. The molecule has 1 unspecified atom stereocenters. The number of aliphatic hydroxyl groups excluding tert-OH is 2. The summed E-state index contributed by atoms with van der Waals surface area (Å²) in [7, 11) is 0. The monoisotopic (exact) mass is 1120 g/mol. The van der Waals surface area contributed by atoms with Crippen LogP contribution in [0.1, 0.15) is 189 Å². The fourth-order valence-electron chi connectivity index (χ4n) is 10.8. The maximum absolute atomic E-state index is 13.3.